The van der Waals surface area contributed by atoms with Gasteiger partial charge in [-0.1, -0.05) is 19.1 Å². The molecule has 0 atom stereocenters. The van der Waals surface area contributed by atoms with Crippen LogP contribution in [0.1, 0.15) is 31.7 Å². The second kappa shape index (κ2) is 7.51. The highest BCUT2D eigenvalue weighted by Gasteiger charge is 2.15. The van der Waals surface area contributed by atoms with Gasteiger partial charge in [0.1, 0.15) is 5.75 Å². The Labute approximate surface area is 116 Å². The largest absolute Gasteiger partial charge is 0.494 e. The van der Waals surface area contributed by atoms with Gasteiger partial charge in [-0.2, -0.15) is 0 Å². The lowest BCUT2D eigenvalue weighted by molar-refractivity contribution is 0.185. The van der Waals surface area contributed by atoms with Crippen LogP contribution in [0.4, 0.5) is 0 Å². The predicted molar refractivity (Wildman–Crippen MR) is 79.3 cm³/mol. The van der Waals surface area contributed by atoms with Gasteiger partial charge in [-0.3, -0.25) is 4.90 Å². The molecule has 1 aliphatic rings. The molecule has 1 aromatic rings. The fraction of sp³-hybridized carbons (Fsp3) is 0.625. The standard InChI is InChI=1S/C16H26N2O/c1-14-6-9-18(10-7-14)13-15-4-2-5-16(12-15)19-11-3-8-17/h2,4-5,12,14H,3,6-11,13,17H2,1H3. The molecule has 0 amide bonds. The van der Waals surface area contributed by atoms with Crippen LogP contribution < -0.4 is 10.5 Å². The van der Waals surface area contributed by atoms with E-state index in [1.165, 1.54) is 31.5 Å². The van der Waals surface area contributed by atoms with Gasteiger partial charge in [0.15, 0.2) is 0 Å². The summed E-state index contributed by atoms with van der Waals surface area (Å²) in [5.74, 6) is 1.86. The van der Waals surface area contributed by atoms with Gasteiger partial charge in [0.25, 0.3) is 0 Å². The highest BCUT2D eigenvalue weighted by atomic mass is 16.5. The molecule has 0 bridgehead atoms. The minimum atomic E-state index is 0.686. The summed E-state index contributed by atoms with van der Waals surface area (Å²) in [7, 11) is 0. The average molecular weight is 262 g/mol. The first-order valence-electron chi connectivity index (χ1n) is 7.42. The number of likely N-dealkylation sites (tertiary alicyclic amines) is 1. The Morgan fingerprint density at radius 2 is 2.11 bits per heavy atom. The molecule has 1 heterocycles. The maximum Gasteiger partial charge on any atom is 0.119 e. The van der Waals surface area contributed by atoms with Crippen LogP contribution >= 0.6 is 0 Å². The first-order valence-corrected chi connectivity index (χ1v) is 7.42. The van der Waals surface area contributed by atoms with Crippen molar-refractivity contribution in [3.8, 4) is 5.75 Å². The van der Waals surface area contributed by atoms with Crippen molar-refractivity contribution >= 4 is 0 Å². The third kappa shape index (κ3) is 4.84. The molecule has 0 unspecified atom stereocenters. The number of nitrogens with zero attached hydrogens (tertiary/aromatic N) is 1. The van der Waals surface area contributed by atoms with Crippen molar-refractivity contribution in [2.24, 2.45) is 11.7 Å². The Hall–Kier alpha value is -1.06. The lowest BCUT2D eigenvalue weighted by Gasteiger charge is -2.30. The summed E-state index contributed by atoms with van der Waals surface area (Å²) < 4.78 is 5.69. The quantitative estimate of drug-likeness (QED) is 0.801. The second-order valence-corrected chi connectivity index (χ2v) is 5.60. The second-order valence-electron chi connectivity index (χ2n) is 5.60. The number of benzene rings is 1. The van der Waals surface area contributed by atoms with E-state index >= 15 is 0 Å². The number of piperidine rings is 1. The third-order valence-corrected chi connectivity index (χ3v) is 3.80. The summed E-state index contributed by atoms with van der Waals surface area (Å²) >= 11 is 0. The molecule has 2 N–H and O–H groups in total. The Balaban J connectivity index is 1.84. The molecular weight excluding hydrogens is 236 g/mol. The normalized spacial score (nSPS) is 17.6. The Bertz CT molecular complexity index is 373. The van der Waals surface area contributed by atoms with E-state index in [1.807, 2.05) is 6.07 Å². The maximum atomic E-state index is 5.69. The van der Waals surface area contributed by atoms with Gasteiger partial charge >= 0.3 is 0 Å². The molecule has 1 saturated heterocycles. The number of rotatable bonds is 6. The number of ether oxygens (including phenoxy) is 1. The SMILES string of the molecule is CC1CCN(Cc2cccc(OCCCN)c2)CC1. The van der Waals surface area contributed by atoms with Crippen molar-refractivity contribution in [2.75, 3.05) is 26.2 Å². The van der Waals surface area contributed by atoms with Gasteiger partial charge in [0.2, 0.25) is 0 Å². The molecule has 3 nitrogen and oxygen atoms in total. The summed E-state index contributed by atoms with van der Waals surface area (Å²) in [5, 5.41) is 0. The van der Waals surface area contributed by atoms with Crippen LogP contribution in [0.2, 0.25) is 0 Å². The summed E-state index contributed by atoms with van der Waals surface area (Å²) in [6, 6.07) is 8.46. The average Bonchev–Trinajstić information content (AvgIpc) is 2.42. The Morgan fingerprint density at radius 1 is 1.32 bits per heavy atom. The molecule has 0 radical (unpaired) electrons. The minimum Gasteiger partial charge on any atom is -0.494 e. The molecule has 0 aromatic heterocycles. The van der Waals surface area contributed by atoms with E-state index in [2.05, 4.69) is 30.0 Å². The number of nitrogens with two attached hydrogens (primary N) is 1. The van der Waals surface area contributed by atoms with E-state index in [0.717, 1.165) is 24.6 Å². The van der Waals surface area contributed by atoms with Crippen molar-refractivity contribution in [1.82, 2.24) is 4.90 Å². The summed E-state index contributed by atoms with van der Waals surface area (Å²) in [6.07, 6.45) is 3.56. The van der Waals surface area contributed by atoms with Crippen molar-refractivity contribution in [2.45, 2.75) is 32.7 Å². The molecule has 1 aromatic carbocycles. The van der Waals surface area contributed by atoms with Gasteiger partial charge in [0.05, 0.1) is 6.61 Å². The van der Waals surface area contributed by atoms with Crippen LogP contribution in [0.5, 0.6) is 5.75 Å². The predicted octanol–water partition coefficient (Wildman–Crippen LogP) is 2.65. The highest BCUT2D eigenvalue weighted by Crippen LogP contribution is 2.20. The summed E-state index contributed by atoms with van der Waals surface area (Å²) in [5.41, 5.74) is 6.82. The van der Waals surface area contributed by atoms with E-state index in [9.17, 15) is 0 Å². The fourth-order valence-electron chi connectivity index (χ4n) is 2.49. The molecule has 3 heteroatoms. The zero-order valence-corrected chi connectivity index (χ0v) is 12.0. The van der Waals surface area contributed by atoms with Gasteiger partial charge in [-0.05, 0) is 62.5 Å². The number of hydrogen-bond acceptors (Lipinski definition) is 3. The summed E-state index contributed by atoms with van der Waals surface area (Å²) in [6.45, 7) is 7.23. The molecule has 19 heavy (non-hydrogen) atoms. The van der Waals surface area contributed by atoms with Gasteiger partial charge in [-0.15, -0.1) is 0 Å². The molecule has 106 valence electrons. The van der Waals surface area contributed by atoms with E-state index in [-0.39, 0.29) is 0 Å². The van der Waals surface area contributed by atoms with Crippen LogP contribution in [-0.2, 0) is 6.54 Å². The van der Waals surface area contributed by atoms with Gasteiger partial charge in [-0.25, -0.2) is 0 Å². The van der Waals surface area contributed by atoms with Crippen LogP contribution in [0.3, 0.4) is 0 Å². The molecule has 2 rings (SSSR count). The van der Waals surface area contributed by atoms with Crippen LogP contribution in [-0.4, -0.2) is 31.1 Å². The van der Waals surface area contributed by atoms with E-state index in [4.69, 9.17) is 10.5 Å². The summed E-state index contributed by atoms with van der Waals surface area (Å²) in [4.78, 5) is 2.54. The fourth-order valence-corrected chi connectivity index (χ4v) is 2.49. The monoisotopic (exact) mass is 262 g/mol. The van der Waals surface area contributed by atoms with Crippen molar-refractivity contribution < 1.29 is 4.74 Å². The van der Waals surface area contributed by atoms with Crippen LogP contribution in [0.25, 0.3) is 0 Å². The van der Waals surface area contributed by atoms with E-state index in [0.29, 0.717) is 13.2 Å². The highest BCUT2D eigenvalue weighted by molar-refractivity contribution is 5.28. The zero-order chi connectivity index (χ0) is 13.5. The third-order valence-electron chi connectivity index (χ3n) is 3.80. The first kappa shape index (κ1) is 14.4. The lowest BCUT2D eigenvalue weighted by atomic mass is 9.99. The van der Waals surface area contributed by atoms with E-state index < -0.39 is 0 Å². The maximum absolute atomic E-state index is 5.69. The topological polar surface area (TPSA) is 38.5 Å². The lowest BCUT2D eigenvalue weighted by Crippen LogP contribution is -2.32. The van der Waals surface area contributed by atoms with Crippen molar-refractivity contribution in [3.05, 3.63) is 29.8 Å². The van der Waals surface area contributed by atoms with Gasteiger partial charge in [0, 0.05) is 6.54 Å². The molecule has 0 aliphatic carbocycles. The van der Waals surface area contributed by atoms with E-state index in [1.54, 1.807) is 0 Å². The van der Waals surface area contributed by atoms with Crippen molar-refractivity contribution in [1.29, 1.82) is 0 Å². The van der Waals surface area contributed by atoms with Crippen LogP contribution in [0, 0.1) is 5.92 Å². The van der Waals surface area contributed by atoms with Gasteiger partial charge < -0.3 is 10.5 Å². The minimum absolute atomic E-state index is 0.686. The molecule has 1 fully saturated rings. The Morgan fingerprint density at radius 3 is 2.84 bits per heavy atom. The molecular formula is C16H26N2O. The molecule has 0 saturated carbocycles. The smallest absolute Gasteiger partial charge is 0.119 e. The first-order chi connectivity index (χ1) is 9.28. The zero-order valence-electron chi connectivity index (χ0n) is 12.0. The number of hydrogen-bond donors (Lipinski definition) is 1. The Kier molecular flexibility index (Phi) is 5.67. The van der Waals surface area contributed by atoms with Crippen molar-refractivity contribution in [3.63, 3.8) is 0 Å². The molecule has 1 aliphatic heterocycles. The van der Waals surface area contributed by atoms with Crippen LogP contribution in [0.15, 0.2) is 24.3 Å². The molecule has 0 spiro atoms.